The molecule has 0 radical (unpaired) electrons. The van der Waals surface area contributed by atoms with Crippen LogP contribution in [0.2, 0.25) is 5.02 Å². The van der Waals surface area contributed by atoms with Gasteiger partial charge in [0.15, 0.2) is 0 Å². The molecule has 3 heteroatoms. The second-order valence-electron chi connectivity index (χ2n) is 3.64. The average molecular weight is 229 g/mol. The van der Waals surface area contributed by atoms with Crippen LogP contribution >= 0.6 is 11.6 Å². The van der Waals surface area contributed by atoms with Crippen molar-refractivity contribution in [1.29, 1.82) is 0 Å². The highest BCUT2D eigenvalue weighted by atomic mass is 35.5. The molecule has 1 nitrogen and oxygen atoms in total. The molecule has 0 heterocycles. The molecule has 1 atom stereocenters. The van der Waals surface area contributed by atoms with Crippen molar-refractivity contribution in [2.24, 2.45) is 5.92 Å². The van der Waals surface area contributed by atoms with Crippen LogP contribution in [-0.4, -0.2) is 5.78 Å². The number of carbonyl (C=O) groups is 1. The molecule has 0 aliphatic carbocycles. The van der Waals surface area contributed by atoms with Crippen LogP contribution in [0.3, 0.4) is 0 Å². The zero-order chi connectivity index (χ0) is 11.4. The molecule has 15 heavy (non-hydrogen) atoms. The van der Waals surface area contributed by atoms with E-state index in [2.05, 4.69) is 0 Å². The maximum Gasteiger partial charge on any atom is 0.144 e. The van der Waals surface area contributed by atoms with Gasteiger partial charge < -0.3 is 0 Å². The number of ketones is 1. The molecule has 0 aliphatic rings. The monoisotopic (exact) mass is 228 g/mol. The number of rotatable bonds is 4. The van der Waals surface area contributed by atoms with Gasteiger partial charge in [-0.1, -0.05) is 37.6 Å². The van der Waals surface area contributed by atoms with Crippen LogP contribution < -0.4 is 0 Å². The second-order valence-corrected chi connectivity index (χ2v) is 4.05. The maximum absolute atomic E-state index is 13.5. The fraction of sp³-hybridized carbons (Fsp3) is 0.417. The van der Waals surface area contributed by atoms with Crippen molar-refractivity contribution in [3.63, 3.8) is 0 Å². The minimum Gasteiger partial charge on any atom is -0.299 e. The summed E-state index contributed by atoms with van der Waals surface area (Å²) in [5.41, 5.74) is 0.511. The number of hydrogen-bond donors (Lipinski definition) is 0. The lowest BCUT2D eigenvalue weighted by molar-refractivity contribution is -0.122. The first-order valence-corrected chi connectivity index (χ1v) is 5.39. The third-order valence-corrected chi connectivity index (χ3v) is 2.75. The summed E-state index contributed by atoms with van der Waals surface area (Å²) < 4.78 is 13.5. The van der Waals surface area contributed by atoms with Gasteiger partial charge >= 0.3 is 0 Å². The van der Waals surface area contributed by atoms with Crippen molar-refractivity contribution in [1.82, 2.24) is 0 Å². The summed E-state index contributed by atoms with van der Waals surface area (Å²) in [6.07, 6.45) is 0.905. The highest BCUT2D eigenvalue weighted by Crippen LogP contribution is 2.20. The van der Waals surface area contributed by atoms with Crippen LogP contribution in [0.4, 0.5) is 4.39 Å². The predicted octanol–water partition coefficient (Wildman–Crippen LogP) is 3.64. The maximum atomic E-state index is 13.5. The molecule has 1 rings (SSSR count). The van der Waals surface area contributed by atoms with Gasteiger partial charge in [0.2, 0.25) is 0 Å². The highest BCUT2D eigenvalue weighted by molar-refractivity contribution is 6.30. The first-order valence-electron chi connectivity index (χ1n) is 5.01. The Morgan fingerprint density at radius 2 is 2.20 bits per heavy atom. The van der Waals surface area contributed by atoms with Crippen LogP contribution in [0, 0.1) is 11.7 Å². The van der Waals surface area contributed by atoms with E-state index >= 15 is 0 Å². The van der Waals surface area contributed by atoms with Crippen molar-refractivity contribution < 1.29 is 9.18 Å². The average Bonchev–Trinajstić information content (AvgIpc) is 2.23. The lowest BCUT2D eigenvalue weighted by atomic mass is 9.95. The number of hydrogen-bond acceptors (Lipinski definition) is 1. The smallest absolute Gasteiger partial charge is 0.144 e. The zero-order valence-electron chi connectivity index (χ0n) is 8.89. The van der Waals surface area contributed by atoms with Gasteiger partial charge in [-0.25, -0.2) is 4.39 Å². The van der Waals surface area contributed by atoms with Crippen molar-refractivity contribution in [3.8, 4) is 0 Å². The molecular formula is C12H14ClFO. The molecule has 1 aromatic carbocycles. The standard InChI is InChI=1S/C12H14ClFO/c1-3-11(15)8(2)7-9-5-4-6-10(13)12(9)14/h4-6,8H,3,7H2,1-2H3. The van der Waals surface area contributed by atoms with E-state index in [1.165, 1.54) is 6.07 Å². The Hall–Kier alpha value is -0.890. The van der Waals surface area contributed by atoms with Gasteiger partial charge in [0.1, 0.15) is 11.6 Å². The van der Waals surface area contributed by atoms with Crippen LogP contribution in [0.25, 0.3) is 0 Å². The fourth-order valence-corrected chi connectivity index (χ4v) is 1.69. The lowest BCUT2D eigenvalue weighted by Gasteiger charge is -2.10. The van der Waals surface area contributed by atoms with Crippen molar-refractivity contribution in [2.45, 2.75) is 26.7 Å². The molecule has 0 fully saturated rings. The zero-order valence-corrected chi connectivity index (χ0v) is 9.64. The summed E-state index contributed by atoms with van der Waals surface area (Å²) in [6.45, 7) is 3.62. The van der Waals surface area contributed by atoms with Crippen LogP contribution in [0.1, 0.15) is 25.8 Å². The van der Waals surface area contributed by atoms with E-state index in [0.717, 1.165) is 0 Å². The fourth-order valence-electron chi connectivity index (χ4n) is 1.50. The summed E-state index contributed by atoms with van der Waals surface area (Å²) >= 11 is 5.65. The van der Waals surface area contributed by atoms with Gasteiger partial charge in [0.05, 0.1) is 5.02 Å². The Morgan fingerprint density at radius 3 is 2.80 bits per heavy atom. The van der Waals surface area contributed by atoms with Crippen molar-refractivity contribution in [2.75, 3.05) is 0 Å². The molecule has 0 aliphatic heterocycles. The normalized spacial score (nSPS) is 12.5. The Morgan fingerprint density at radius 1 is 1.53 bits per heavy atom. The third-order valence-electron chi connectivity index (χ3n) is 2.46. The Labute approximate surface area is 94.3 Å². The quantitative estimate of drug-likeness (QED) is 0.769. The Balaban J connectivity index is 2.81. The number of halogens is 2. The molecule has 0 saturated carbocycles. The highest BCUT2D eigenvalue weighted by Gasteiger charge is 2.14. The number of carbonyl (C=O) groups excluding carboxylic acids is 1. The van der Waals surface area contributed by atoms with Gasteiger partial charge in [-0.15, -0.1) is 0 Å². The van der Waals surface area contributed by atoms with E-state index in [1.54, 1.807) is 12.1 Å². The van der Waals surface area contributed by atoms with Gasteiger partial charge in [0.25, 0.3) is 0 Å². The predicted molar refractivity (Wildman–Crippen MR) is 59.6 cm³/mol. The summed E-state index contributed by atoms with van der Waals surface area (Å²) in [6, 6.07) is 4.87. The van der Waals surface area contributed by atoms with Crippen LogP contribution in [0.15, 0.2) is 18.2 Å². The van der Waals surface area contributed by atoms with E-state index in [-0.39, 0.29) is 16.7 Å². The van der Waals surface area contributed by atoms with Crippen molar-refractivity contribution >= 4 is 17.4 Å². The molecule has 82 valence electrons. The largest absolute Gasteiger partial charge is 0.299 e. The Bertz CT molecular complexity index is 363. The second kappa shape index (κ2) is 5.26. The Kier molecular flexibility index (Phi) is 4.28. The molecule has 0 amide bonds. The molecule has 0 spiro atoms. The summed E-state index contributed by atoms with van der Waals surface area (Å²) in [5.74, 6) is -0.410. The SMILES string of the molecule is CCC(=O)C(C)Cc1cccc(Cl)c1F. The van der Waals surface area contributed by atoms with Crippen LogP contribution in [0.5, 0.6) is 0 Å². The van der Waals surface area contributed by atoms with E-state index in [0.29, 0.717) is 18.4 Å². The topological polar surface area (TPSA) is 17.1 Å². The van der Waals surface area contributed by atoms with Crippen LogP contribution in [-0.2, 0) is 11.2 Å². The van der Waals surface area contributed by atoms with E-state index in [9.17, 15) is 9.18 Å². The number of Topliss-reactive ketones (excluding diaryl/α,β-unsaturated/α-hetero) is 1. The van der Waals surface area contributed by atoms with E-state index < -0.39 is 5.82 Å². The first-order chi connectivity index (χ1) is 7.06. The van der Waals surface area contributed by atoms with E-state index in [4.69, 9.17) is 11.6 Å². The first kappa shape index (κ1) is 12.2. The minimum absolute atomic E-state index is 0.114. The van der Waals surface area contributed by atoms with Gasteiger partial charge in [-0.2, -0.15) is 0 Å². The summed E-state index contributed by atoms with van der Waals surface area (Å²) in [5, 5.41) is 0.114. The minimum atomic E-state index is -0.407. The molecule has 1 aromatic rings. The molecular weight excluding hydrogens is 215 g/mol. The van der Waals surface area contributed by atoms with Gasteiger partial charge in [-0.3, -0.25) is 4.79 Å². The molecule has 0 bridgehead atoms. The molecule has 0 aromatic heterocycles. The molecule has 0 N–H and O–H groups in total. The molecule has 0 saturated heterocycles. The molecule has 1 unspecified atom stereocenters. The lowest BCUT2D eigenvalue weighted by Crippen LogP contribution is -2.13. The summed E-state index contributed by atoms with van der Waals surface area (Å²) in [7, 11) is 0. The van der Waals surface area contributed by atoms with Gasteiger partial charge in [0, 0.05) is 12.3 Å². The number of benzene rings is 1. The van der Waals surface area contributed by atoms with Gasteiger partial charge in [-0.05, 0) is 18.1 Å². The third kappa shape index (κ3) is 3.03. The van der Waals surface area contributed by atoms with Crippen molar-refractivity contribution in [3.05, 3.63) is 34.6 Å². The van der Waals surface area contributed by atoms with E-state index in [1.807, 2.05) is 13.8 Å². The summed E-state index contributed by atoms with van der Waals surface area (Å²) in [4.78, 5) is 11.4.